The Balaban J connectivity index is 1.81. The predicted octanol–water partition coefficient (Wildman–Crippen LogP) is 2.45. The number of nitrogens with zero attached hydrogens (tertiary/aromatic N) is 3. The molecule has 2 aromatic rings. The molecule has 3 rings (SSSR count). The molecule has 6 nitrogen and oxygen atoms in total. The van der Waals surface area contributed by atoms with E-state index in [1.165, 1.54) is 11.8 Å². The lowest BCUT2D eigenvalue weighted by Gasteiger charge is -2.29. The third kappa shape index (κ3) is 4.01. The smallest absolute Gasteiger partial charge is 0.236 e. The van der Waals surface area contributed by atoms with Gasteiger partial charge in [0.2, 0.25) is 5.91 Å². The Hall–Kier alpha value is -1.67. The van der Waals surface area contributed by atoms with E-state index in [1.807, 2.05) is 45.0 Å². The fraction of sp³-hybridized carbons (Fsp3) is 0.500. The van der Waals surface area contributed by atoms with Crippen molar-refractivity contribution in [1.29, 1.82) is 0 Å². The van der Waals surface area contributed by atoms with Crippen molar-refractivity contribution in [2.24, 2.45) is 0 Å². The van der Waals surface area contributed by atoms with Gasteiger partial charge in [-0.15, -0.1) is 0 Å². The SMILES string of the molecule is CCN(C(=O)[C@H](C)Sc1nc(C)nc2ccccc12)[C@@H]1CCS(=O)(=O)C1. The fourth-order valence-corrected chi connectivity index (χ4v) is 6.10. The molecule has 1 aromatic heterocycles. The average molecular weight is 394 g/mol. The summed E-state index contributed by atoms with van der Waals surface area (Å²) in [5.74, 6) is 0.859. The van der Waals surface area contributed by atoms with Crippen molar-refractivity contribution in [2.45, 2.75) is 43.5 Å². The Labute approximate surface area is 158 Å². The number of rotatable bonds is 5. The highest BCUT2D eigenvalue weighted by Crippen LogP contribution is 2.30. The van der Waals surface area contributed by atoms with E-state index in [0.29, 0.717) is 18.8 Å². The van der Waals surface area contributed by atoms with Gasteiger partial charge in [0.25, 0.3) is 0 Å². The van der Waals surface area contributed by atoms with Gasteiger partial charge in [0.1, 0.15) is 10.9 Å². The predicted molar refractivity (Wildman–Crippen MR) is 104 cm³/mol. The molecule has 1 aliphatic rings. The average Bonchev–Trinajstić information content (AvgIpc) is 2.94. The molecule has 1 saturated heterocycles. The second-order valence-electron chi connectivity index (χ2n) is 6.53. The Bertz CT molecular complexity index is 930. The van der Waals surface area contributed by atoms with Crippen LogP contribution in [-0.4, -0.2) is 58.5 Å². The molecule has 140 valence electrons. The van der Waals surface area contributed by atoms with E-state index in [-0.39, 0.29) is 28.7 Å². The Morgan fingerprint density at radius 3 is 2.73 bits per heavy atom. The number of benzene rings is 1. The first-order chi connectivity index (χ1) is 12.3. The van der Waals surface area contributed by atoms with Crippen LogP contribution >= 0.6 is 11.8 Å². The Morgan fingerprint density at radius 2 is 2.08 bits per heavy atom. The fourth-order valence-electron chi connectivity index (χ4n) is 3.31. The summed E-state index contributed by atoms with van der Waals surface area (Å²) in [5, 5.41) is 1.36. The van der Waals surface area contributed by atoms with E-state index >= 15 is 0 Å². The van der Waals surface area contributed by atoms with Crippen LogP contribution in [0, 0.1) is 6.92 Å². The molecule has 0 spiro atoms. The zero-order valence-corrected chi connectivity index (χ0v) is 16.8. The molecular formula is C18H23N3O3S2. The van der Waals surface area contributed by atoms with Gasteiger partial charge in [-0.25, -0.2) is 18.4 Å². The summed E-state index contributed by atoms with van der Waals surface area (Å²) in [6, 6.07) is 7.53. The third-order valence-corrected chi connectivity index (χ3v) is 7.43. The van der Waals surface area contributed by atoms with Gasteiger partial charge in [-0.1, -0.05) is 30.0 Å². The zero-order valence-electron chi connectivity index (χ0n) is 15.2. The summed E-state index contributed by atoms with van der Waals surface area (Å²) >= 11 is 1.41. The highest BCUT2D eigenvalue weighted by Gasteiger charge is 2.35. The first-order valence-corrected chi connectivity index (χ1v) is 11.4. The topological polar surface area (TPSA) is 80.2 Å². The normalized spacial score (nSPS) is 20.2. The first-order valence-electron chi connectivity index (χ1n) is 8.71. The van der Waals surface area contributed by atoms with Gasteiger partial charge in [-0.2, -0.15) is 0 Å². The van der Waals surface area contributed by atoms with Crippen LogP contribution in [0.25, 0.3) is 10.9 Å². The third-order valence-electron chi connectivity index (χ3n) is 4.59. The number of fused-ring (bicyclic) bond motifs is 1. The highest BCUT2D eigenvalue weighted by molar-refractivity contribution is 8.00. The first kappa shape index (κ1) is 19.1. The van der Waals surface area contributed by atoms with E-state index in [0.717, 1.165) is 15.9 Å². The van der Waals surface area contributed by atoms with Crippen LogP contribution in [0.5, 0.6) is 0 Å². The van der Waals surface area contributed by atoms with E-state index in [4.69, 9.17) is 0 Å². The molecule has 1 aliphatic heterocycles. The number of aromatic nitrogens is 2. The van der Waals surface area contributed by atoms with Crippen LogP contribution in [0.4, 0.5) is 0 Å². The Kier molecular flexibility index (Phi) is 5.53. The number of carbonyl (C=O) groups excluding carboxylic acids is 1. The van der Waals surface area contributed by atoms with Crippen LogP contribution in [0.2, 0.25) is 0 Å². The van der Waals surface area contributed by atoms with Crippen molar-refractivity contribution in [1.82, 2.24) is 14.9 Å². The van der Waals surface area contributed by atoms with Crippen molar-refractivity contribution in [2.75, 3.05) is 18.1 Å². The van der Waals surface area contributed by atoms with E-state index in [1.54, 1.807) is 4.90 Å². The van der Waals surface area contributed by atoms with Crippen molar-refractivity contribution < 1.29 is 13.2 Å². The van der Waals surface area contributed by atoms with Gasteiger partial charge < -0.3 is 4.90 Å². The van der Waals surface area contributed by atoms with Crippen LogP contribution < -0.4 is 0 Å². The van der Waals surface area contributed by atoms with E-state index < -0.39 is 9.84 Å². The van der Waals surface area contributed by atoms with Crippen LogP contribution in [0.15, 0.2) is 29.3 Å². The van der Waals surface area contributed by atoms with E-state index in [9.17, 15) is 13.2 Å². The number of para-hydroxylation sites is 1. The molecule has 1 fully saturated rings. The molecular weight excluding hydrogens is 370 g/mol. The second-order valence-corrected chi connectivity index (χ2v) is 10.1. The maximum absolute atomic E-state index is 13.0. The summed E-state index contributed by atoms with van der Waals surface area (Å²) in [5.41, 5.74) is 0.858. The lowest BCUT2D eigenvalue weighted by atomic mass is 10.2. The molecule has 0 saturated carbocycles. The minimum absolute atomic E-state index is 0.0417. The maximum Gasteiger partial charge on any atom is 0.236 e. The molecule has 0 aliphatic carbocycles. The zero-order chi connectivity index (χ0) is 18.9. The number of aryl methyl sites for hydroxylation is 1. The molecule has 2 heterocycles. The standard InChI is InChI=1S/C18H23N3O3S2/c1-4-21(14-9-10-26(23,24)11-14)18(22)12(2)25-17-15-7-5-6-8-16(15)19-13(3)20-17/h5-8,12,14H,4,9-11H2,1-3H3/t12-,14+/m0/s1. The number of hydrogen-bond donors (Lipinski definition) is 0. The van der Waals surface area contributed by atoms with Crippen LogP contribution in [0.3, 0.4) is 0 Å². The Morgan fingerprint density at radius 1 is 1.35 bits per heavy atom. The molecule has 1 amide bonds. The molecule has 26 heavy (non-hydrogen) atoms. The van der Waals surface area contributed by atoms with Gasteiger partial charge in [0.15, 0.2) is 9.84 Å². The van der Waals surface area contributed by atoms with Crippen LogP contribution in [0.1, 0.15) is 26.1 Å². The molecule has 0 N–H and O–H groups in total. The summed E-state index contributed by atoms with van der Waals surface area (Å²) in [7, 11) is -3.02. The summed E-state index contributed by atoms with van der Waals surface area (Å²) in [6.45, 7) is 6.09. The number of carbonyl (C=O) groups is 1. The second kappa shape index (κ2) is 7.52. The molecule has 8 heteroatoms. The summed E-state index contributed by atoms with van der Waals surface area (Å²) in [6.07, 6.45) is 0.523. The number of hydrogen-bond acceptors (Lipinski definition) is 6. The molecule has 0 radical (unpaired) electrons. The number of sulfone groups is 1. The molecule has 1 aromatic carbocycles. The van der Waals surface area contributed by atoms with Crippen molar-refractivity contribution in [3.05, 3.63) is 30.1 Å². The van der Waals surface area contributed by atoms with E-state index in [2.05, 4.69) is 9.97 Å². The minimum atomic E-state index is -3.02. The van der Waals surface area contributed by atoms with Crippen molar-refractivity contribution in [3.63, 3.8) is 0 Å². The largest absolute Gasteiger partial charge is 0.338 e. The maximum atomic E-state index is 13.0. The van der Waals surface area contributed by atoms with Crippen LogP contribution in [-0.2, 0) is 14.6 Å². The van der Waals surface area contributed by atoms with Gasteiger partial charge in [0, 0.05) is 18.0 Å². The van der Waals surface area contributed by atoms with Gasteiger partial charge in [-0.05, 0) is 33.3 Å². The molecule has 0 bridgehead atoms. The van der Waals surface area contributed by atoms with Crippen molar-refractivity contribution in [3.8, 4) is 0 Å². The quantitative estimate of drug-likeness (QED) is 0.573. The lowest BCUT2D eigenvalue weighted by molar-refractivity contribution is -0.131. The highest BCUT2D eigenvalue weighted by atomic mass is 32.2. The lowest BCUT2D eigenvalue weighted by Crippen LogP contribution is -2.44. The van der Waals surface area contributed by atoms with Crippen molar-refractivity contribution >= 4 is 38.4 Å². The monoisotopic (exact) mass is 393 g/mol. The van der Waals surface area contributed by atoms with Gasteiger partial charge >= 0.3 is 0 Å². The number of amides is 1. The summed E-state index contributed by atoms with van der Waals surface area (Å²) in [4.78, 5) is 23.6. The molecule has 0 unspecified atom stereocenters. The van der Waals surface area contributed by atoms with Gasteiger partial charge in [0.05, 0.1) is 22.3 Å². The van der Waals surface area contributed by atoms with Gasteiger partial charge in [-0.3, -0.25) is 4.79 Å². The summed E-state index contributed by atoms with van der Waals surface area (Å²) < 4.78 is 23.5. The minimum Gasteiger partial charge on any atom is -0.338 e. The molecule has 2 atom stereocenters. The number of thioether (sulfide) groups is 1.